The van der Waals surface area contributed by atoms with E-state index in [-0.39, 0.29) is 17.9 Å². The molecule has 8 heteroatoms. The van der Waals surface area contributed by atoms with Gasteiger partial charge in [0, 0.05) is 5.56 Å². The van der Waals surface area contributed by atoms with Gasteiger partial charge in [-0.25, -0.2) is 9.79 Å². The average Bonchev–Trinajstić information content (AvgIpc) is 3.08. The van der Waals surface area contributed by atoms with Gasteiger partial charge in [0.1, 0.15) is 27.8 Å². The van der Waals surface area contributed by atoms with Crippen molar-refractivity contribution < 1.29 is 28.8 Å². The Morgan fingerprint density at radius 1 is 1.03 bits per heavy atom. The van der Waals surface area contributed by atoms with Crippen molar-refractivity contribution >= 4 is 34.5 Å². The SMILES string of the molecule is CCOC(=O)C1=C(O)C(=Cc2cccc(OC)c2OC)SC1=Nc1ccccc1OC. The quantitative estimate of drug-likeness (QED) is 0.611. The molecule has 1 heterocycles. The first-order valence-corrected chi connectivity index (χ1v) is 10.3. The van der Waals surface area contributed by atoms with Crippen LogP contribution in [0.3, 0.4) is 0 Å². The van der Waals surface area contributed by atoms with Gasteiger partial charge in [-0.15, -0.1) is 0 Å². The number of aliphatic imine (C=N–C) groups is 1. The van der Waals surface area contributed by atoms with E-state index in [0.29, 0.717) is 38.4 Å². The van der Waals surface area contributed by atoms with Crippen LogP contribution in [0, 0.1) is 0 Å². The standard InChI is InChI=1S/C23H23NO6S/c1-5-30-23(26)19-20(25)18(13-14-9-8-12-17(28-3)21(14)29-4)31-22(19)24-15-10-6-7-11-16(15)27-2/h6-13,25H,5H2,1-4H3. The lowest BCUT2D eigenvalue weighted by Gasteiger charge is -2.10. The first kappa shape index (κ1) is 22.3. The lowest BCUT2D eigenvalue weighted by molar-refractivity contribution is -0.138. The number of esters is 1. The van der Waals surface area contributed by atoms with Gasteiger partial charge < -0.3 is 24.1 Å². The van der Waals surface area contributed by atoms with Crippen LogP contribution in [0.5, 0.6) is 17.2 Å². The Labute approximate surface area is 185 Å². The van der Waals surface area contributed by atoms with Crippen molar-refractivity contribution in [3.05, 3.63) is 64.3 Å². The van der Waals surface area contributed by atoms with E-state index in [0.717, 1.165) is 11.8 Å². The van der Waals surface area contributed by atoms with Gasteiger partial charge in [-0.05, 0) is 31.2 Å². The molecule has 1 N–H and O–H groups in total. The van der Waals surface area contributed by atoms with E-state index in [1.807, 2.05) is 24.3 Å². The molecule has 0 radical (unpaired) electrons. The summed E-state index contributed by atoms with van der Waals surface area (Å²) in [6.07, 6.45) is 1.71. The number of hydrogen-bond donors (Lipinski definition) is 1. The minimum Gasteiger partial charge on any atom is -0.506 e. The first-order valence-electron chi connectivity index (χ1n) is 9.47. The fraction of sp³-hybridized carbons (Fsp3) is 0.217. The van der Waals surface area contributed by atoms with Gasteiger partial charge in [0.2, 0.25) is 0 Å². The molecule has 0 amide bonds. The third kappa shape index (κ3) is 4.69. The normalized spacial score (nSPS) is 16.0. The summed E-state index contributed by atoms with van der Waals surface area (Å²) in [6, 6.07) is 12.6. The molecule has 0 bridgehead atoms. The van der Waals surface area contributed by atoms with E-state index in [2.05, 4.69) is 4.99 Å². The lowest BCUT2D eigenvalue weighted by atomic mass is 10.1. The fourth-order valence-electron chi connectivity index (χ4n) is 2.99. The molecule has 3 rings (SSSR count). The highest BCUT2D eigenvalue weighted by molar-refractivity contribution is 8.18. The summed E-state index contributed by atoms with van der Waals surface area (Å²) in [7, 11) is 4.63. The molecule has 0 saturated carbocycles. The van der Waals surface area contributed by atoms with Crippen molar-refractivity contribution in [2.75, 3.05) is 27.9 Å². The summed E-state index contributed by atoms with van der Waals surface area (Å²) in [5, 5.41) is 11.2. The largest absolute Gasteiger partial charge is 0.506 e. The predicted octanol–water partition coefficient (Wildman–Crippen LogP) is 4.91. The third-order valence-electron chi connectivity index (χ3n) is 4.40. The second-order valence-electron chi connectivity index (χ2n) is 6.23. The number of rotatable bonds is 7. The summed E-state index contributed by atoms with van der Waals surface area (Å²) < 4.78 is 21.3. The molecule has 2 aromatic carbocycles. The van der Waals surface area contributed by atoms with E-state index in [4.69, 9.17) is 18.9 Å². The number of aliphatic hydroxyl groups is 1. The minimum absolute atomic E-state index is 0.00543. The van der Waals surface area contributed by atoms with E-state index < -0.39 is 5.97 Å². The van der Waals surface area contributed by atoms with Crippen molar-refractivity contribution in [3.8, 4) is 17.2 Å². The molecule has 0 spiro atoms. The highest BCUT2D eigenvalue weighted by atomic mass is 32.2. The Bertz CT molecular complexity index is 1070. The summed E-state index contributed by atoms with van der Waals surface area (Å²) in [6.45, 7) is 1.87. The second-order valence-corrected chi connectivity index (χ2v) is 7.26. The van der Waals surface area contributed by atoms with Gasteiger partial charge in [-0.1, -0.05) is 36.0 Å². The zero-order valence-electron chi connectivity index (χ0n) is 17.7. The monoisotopic (exact) mass is 441 g/mol. The van der Waals surface area contributed by atoms with Crippen LogP contribution in [0.25, 0.3) is 6.08 Å². The van der Waals surface area contributed by atoms with Crippen LogP contribution >= 0.6 is 11.8 Å². The summed E-state index contributed by atoms with van der Waals surface area (Å²) >= 11 is 1.16. The molecule has 1 aliphatic heterocycles. The van der Waals surface area contributed by atoms with Crippen molar-refractivity contribution in [3.63, 3.8) is 0 Å². The molecule has 0 aromatic heterocycles. The Morgan fingerprint density at radius 3 is 2.42 bits per heavy atom. The number of carbonyl (C=O) groups excluding carboxylic acids is 1. The van der Waals surface area contributed by atoms with Gasteiger partial charge in [-0.3, -0.25) is 0 Å². The molecule has 0 aliphatic carbocycles. The summed E-state index contributed by atoms with van der Waals surface area (Å²) in [5.41, 5.74) is 1.21. The molecule has 0 atom stereocenters. The predicted molar refractivity (Wildman–Crippen MR) is 121 cm³/mol. The number of methoxy groups -OCH3 is 3. The number of benzene rings is 2. The first-order chi connectivity index (χ1) is 15.0. The van der Waals surface area contributed by atoms with Crippen LogP contribution in [0.2, 0.25) is 0 Å². The number of para-hydroxylation sites is 3. The summed E-state index contributed by atoms with van der Waals surface area (Å²) in [5.74, 6) is 0.755. The van der Waals surface area contributed by atoms with E-state index in [1.54, 1.807) is 45.4 Å². The highest BCUT2D eigenvalue weighted by Gasteiger charge is 2.33. The second kappa shape index (κ2) is 10.1. The van der Waals surface area contributed by atoms with Gasteiger partial charge in [0.15, 0.2) is 11.5 Å². The Hall–Kier alpha value is -3.39. The fourth-order valence-corrected chi connectivity index (χ4v) is 4.01. The maximum atomic E-state index is 12.6. The molecule has 0 fully saturated rings. The van der Waals surface area contributed by atoms with Crippen LogP contribution in [0.1, 0.15) is 12.5 Å². The number of nitrogens with zero attached hydrogens (tertiary/aromatic N) is 1. The van der Waals surface area contributed by atoms with Gasteiger partial charge in [0.25, 0.3) is 0 Å². The zero-order chi connectivity index (χ0) is 22.4. The lowest BCUT2D eigenvalue weighted by Crippen LogP contribution is -2.12. The van der Waals surface area contributed by atoms with Gasteiger partial charge in [-0.2, -0.15) is 0 Å². The molecule has 0 saturated heterocycles. The topological polar surface area (TPSA) is 86.6 Å². The van der Waals surface area contributed by atoms with Crippen molar-refractivity contribution in [2.45, 2.75) is 6.92 Å². The van der Waals surface area contributed by atoms with E-state index in [9.17, 15) is 9.90 Å². The molecule has 7 nitrogen and oxygen atoms in total. The molecule has 31 heavy (non-hydrogen) atoms. The smallest absolute Gasteiger partial charge is 0.344 e. The molecule has 162 valence electrons. The van der Waals surface area contributed by atoms with Crippen molar-refractivity contribution in [2.24, 2.45) is 4.99 Å². The van der Waals surface area contributed by atoms with E-state index in [1.165, 1.54) is 7.11 Å². The van der Waals surface area contributed by atoms with Gasteiger partial charge >= 0.3 is 5.97 Å². The maximum absolute atomic E-state index is 12.6. The number of aliphatic hydroxyl groups excluding tert-OH is 1. The average molecular weight is 442 g/mol. The van der Waals surface area contributed by atoms with Crippen LogP contribution in [-0.2, 0) is 9.53 Å². The Balaban J connectivity index is 2.12. The zero-order valence-corrected chi connectivity index (χ0v) is 18.5. The Kier molecular flexibility index (Phi) is 7.25. The van der Waals surface area contributed by atoms with Crippen molar-refractivity contribution in [1.29, 1.82) is 0 Å². The molecule has 2 aromatic rings. The molecular formula is C23H23NO6S. The maximum Gasteiger partial charge on any atom is 0.344 e. The number of carbonyl (C=O) groups is 1. The van der Waals surface area contributed by atoms with Crippen LogP contribution < -0.4 is 14.2 Å². The highest BCUT2D eigenvalue weighted by Crippen LogP contribution is 2.43. The van der Waals surface area contributed by atoms with E-state index >= 15 is 0 Å². The summed E-state index contributed by atoms with van der Waals surface area (Å²) in [4.78, 5) is 17.6. The van der Waals surface area contributed by atoms with Crippen LogP contribution in [0.4, 0.5) is 5.69 Å². The number of thioether (sulfide) groups is 1. The molecular weight excluding hydrogens is 418 g/mol. The van der Waals surface area contributed by atoms with Crippen LogP contribution in [-0.4, -0.2) is 44.1 Å². The third-order valence-corrected chi connectivity index (χ3v) is 5.42. The number of hydrogen-bond acceptors (Lipinski definition) is 8. The van der Waals surface area contributed by atoms with Crippen molar-refractivity contribution in [1.82, 2.24) is 0 Å². The number of ether oxygens (including phenoxy) is 4. The van der Waals surface area contributed by atoms with Crippen LogP contribution in [0.15, 0.2) is 63.7 Å². The van der Waals surface area contributed by atoms with Gasteiger partial charge in [0.05, 0.1) is 32.8 Å². The minimum atomic E-state index is -0.651. The molecule has 1 aliphatic rings. The molecule has 0 unspecified atom stereocenters. The Morgan fingerprint density at radius 2 is 1.74 bits per heavy atom.